The van der Waals surface area contributed by atoms with E-state index >= 15 is 0 Å². The second-order valence-electron chi connectivity index (χ2n) is 8.00. The van der Waals surface area contributed by atoms with Crippen molar-refractivity contribution < 1.29 is 9.53 Å². The highest BCUT2D eigenvalue weighted by atomic mass is 16.6. The molecule has 1 atom stereocenters. The van der Waals surface area contributed by atoms with Crippen molar-refractivity contribution in [3.63, 3.8) is 0 Å². The first-order chi connectivity index (χ1) is 13.3. The molecule has 2 heterocycles. The van der Waals surface area contributed by atoms with Gasteiger partial charge in [-0.1, -0.05) is 6.92 Å². The number of amides is 1. The number of ether oxygens (including phenoxy) is 1. The van der Waals surface area contributed by atoms with Crippen molar-refractivity contribution in [3.8, 4) is 0 Å². The second kappa shape index (κ2) is 10.3. The number of hydrogen-bond acceptors (Lipinski definition) is 5. The minimum atomic E-state index is -0.483. The normalized spacial score (nSPS) is 18.1. The predicted molar refractivity (Wildman–Crippen MR) is 109 cm³/mol. The monoisotopic (exact) mass is 393 g/mol. The lowest BCUT2D eigenvalue weighted by atomic mass is 10.0. The number of aromatic nitrogens is 3. The van der Waals surface area contributed by atoms with Gasteiger partial charge >= 0.3 is 6.09 Å². The summed E-state index contributed by atoms with van der Waals surface area (Å²) < 4.78 is 7.60. The first-order valence-electron chi connectivity index (χ1n) is 10.1. The summed E-state index contributed by atoms with van der Waals surface area (Å²) in [5.74, 6) is 1.70. The van der Waals surface area contributed by atoms with Crippen LogP contribution in [0.1, 0.15) is 52.8 Å². The molecular weight excluding hydrogens is 358 g/mol. The lowest BCUT2D eigenvalue weighted by Crippen LogP contribution is -2.52. The Morgan fingerprint density at radius 2 is 2.14 bits per heavy atom. The zero-order chi connectivity index (χ0) is 20.6. The molecule has 1 aromatic rings. The van der Waals surface area contributed by atoms with Crippen LogP contribution >= 0.6 is 0 Å². The maximum absolute atomic E-state index is 12.5. The Balaban J connectivity index is 1.82. The fourth-order valence-electron chi connectivity index (χ4n) is 3.24. The van der Waals surface area contributed by atoms with Crippen molar-refractivity contribution in [2.45, 2.75) is 71.6 Å². The molecule has 1 aliphatic heterocycles. The van der Waals surface area contributed by atoms with Gasteiger partial charge in [-0.2, -0.15) is 0 Å². The molecule has 0 spiro atoms. The molecular formula is C19H35N7O2. The summed E-state index contributed by atoms with van der Waals surface area (Å²) in [7, 11) is 1.75. The number of nitrogens with zero attached hydrogens (tertiary/aromatic N) is 5. The van der Waals surface area contributed by atoms with Crippen LogP contribution in [0.5, 0.6) is 0 Å². The van der Waals surface area contributed by atoms with Gasteiger partial charge in [0.25, 0.3) is 0 Å². The number of piperidine rings is 1. The summed E-state index contributed by atoms with van der Waals surface area (Å²) in [6, 6.07) is 0.103. The number of carbonyl (C=O) groups is 1. The summed E-state index contributed by atoms with van der Waals surface area (Å²) in [6.45, 7) is 10.6. The summed E-state index contributed by atoms with van der Waals surface area (Å²) >= 11 is 0. The summed E-state index contributed by atoms with van der Waals surface area (Å²) in [6.07, 6.45) is 5.46. The number of aryl methyl sites for hydroxylation is 1. The average Bonchev–Trinajstić information content (AvgIpc) is 3.10. The number of nitrogens with one attached hydrogen (secondary N) is 2. The van der Waals surface area contributed by atoms with E-state index in [9.17, 15) is 4.79 Å². The standard InChI is InChI=1S/C19H35N7O2/c1-6-16-24-23-14-25(16)12-10-21-17(20-5)22-13-15-9-7-8-11-26(15)18(27)28-19(2,3)4/h14-15H,6-13H2,1-5H3,(H2,20,21,22). The number of carbonyl (C=O) groups excluding carboxylic acids is 1. The first kappa shape index (κ1) is 22.0. The largest absolute Gasteiger partial charge is 0.444 e. The quantitative estimate of drug-likeness (QED) is 0.565. The molecule has 28 heavy (non-hydrogen) atoms. The molecule has 0 aliphatic carbocycles. The third-order valence-corrected chi connectivity index (χ3v) is 4.64. The second-order valence-corrected chi connectivity index (χ2v) is 8.00. The van der Waals surface area contributed by atoms with Crippen LogP contribution in [0.15, 0.2) is 11.3 Å². The predicted octanol–water partition coefficient (Wildman–Crippen LogP) is 1.80. The van der Waals surface area contributed by atoms with Gasteiger partial charge in [-0.25, -0.2) is 4.79 Å². The van der Waals surface area contributed by atoms with Gasteiger partial charge in [0, 0.05) is 39.6 Å². The molecule has 1 aromatic heterocycles. The van der Waals surface area contributed by atoms with E-state index in [-0.39, 0.29) is 12.1 Å². The van der Waals surface area contributed by atoms with Crippen molar-refractivity contribution in [1.82, 2.24) is 30.3 Å². The number of likely N-dealkylation sites (tertiary alicyclic amines) is 1. The minimum absolute atomic E-state index is 0.103. The van der Waals surface area contributed by atoms with Crippen LogP contribution in [0.25, 0.3) is 0 Å². The molecule has 1 saturated heterocycles. The van der Waals surface area contributed by atoms with E-state index in [4.69, 9.17) is 4.74 Å². The van der Waals surface area contributed by atoms with Crippen LogP contribution < -0.4 is 10.6 Å². The Bertz CT molecular complexity index is 651. The smallest absolute Gasteiger partial charge is 0.410 e. The maximum atomic E-state index is 12.5. The van der Waals surface area contributed by atoms with Gasteiger partial charge in [-0.3, -0.25) is 4.99 Å². The van der Waals surface area contributed by atoms with Crippen LogP contribution in [0.2, 0.25) is 0 Å². The van der Waals surface area contributed by atoms with Crippen molar-refractivity contribution in [3.05, 3.63) is 12.2 Å². The molecule has 0 saturated carbocycles. The molecule has 9 nitrogen and oxygen atoms in total. The highest BCUT2D eigenvalue weighted by Gasteiger charge is 2.30. The Morgan fingerprint density at radius 3 is 2.82 bits per heavy atom. The van der Waals surface area contributed by atoms with E-state index in [1.165, 1.54) is 0 Å². The molecule has 158 valence electrons. The van der Waals surface area contributed by atoms with Gasteiger partial charge in [-0.15, -0.1) is 10.2 Å². The van der Waals surface area contributed by atoms with Crippen molar-refractivity contribution in [2.24, 2.45) is 4.99 Å². The fourth-order valence-corrected chi connectivity index (χ4v) is 3.24. The zero-order valence-corrected chi connectivity index (χ0v) is 17.9. The van der Waals surface area contributed by atoms with Crippen LogP contribution in [0.3, 0.4) is 0 Å². The van der Waals surface area contributed by atoms with Crippen LogP contribution in [-0.2, 0) is 17.7 Å². The van der Waals surface area contributed by atoms with Crippen molar-refractivity contribution in [2.75, 3.05) is 26.7 Å². The lowest BCUT2D eigenvalue weighted by molar-refractivity contribution is 0.0104. The molecule has 1 unspecified atom stereocenters. The van der Waals surface area contributed by atoms with Gasteiger partial charge in [0.05, 0.1) is 6.04 Å². The van der Waals surface area contributed by atoms with E-state index in [0.717, 1.165) is 50.6 Å². The SMILES string of the molecule is CCc1nncn1CCNC(=NC)NCC1CCCCN1C(=O)OC(C)(C)C. The molecule has 0 bridgehead atoms. The minimum Gasteiger partial charge on any atom is -0.444 e. The Hall–Kier alpha value is -2.32. The lowest BCUT2D eigenvalue weighted by Gasteiger charge is -2.37. The van der Waals surface area contributed by atoms with E-state index in [0.29, 0.717) is 13.1 Å². The number of aliphatic imine (C=N–C) groups is 1. The number of guanidine groups is 1. The van der Waals surface area contributed by atoms with Crippen molar-refractivity contribution >= 4 is 12.1 Å². The third-order valence-electron chi connectivity index (χ3n) is 4.64. The average molecular weight is 394 g/mol. The maximum Gasteiger partial charge on any atom is 0.410 e. The molecule has 0 aromatic carbocycles. The highest BCUT2D eigenvalue weighted by molar-refractivity contribution is 5.79. The first-order valence-corrected chi connectivity index (χ1v) is 10.1. The zero-order valence-electron chi connectivity index (χ0n) is 17.9. The van der Waals surface area contributed by atoms with Gasteiger partial charge in [0.1, 0.15) is 17.8 Å². The van der Waals surface area contributed by atoms with Gasteiger partial charge in [-0.05, 0) is 40.0 Å². The number of rotatable bonds is 6. The molecule has 2 N–H and O–H groups in total. The highest BCUT2D eigenvalue weighted by Crippen LogP contribution is 2.20. The van der Waals surface area contributed by atoms with E-state index in [1.807, 2.05) is 30.2 Å². The third kappa shape index (κ3) is 6.69. The molecule has 9 heteroatoms. The Kier molecular flexibility index (Phi) is 8.07. The summed E-state index contributed by atoms with van der Waals surface area (Å²) in [4.78, 5) is 18.6. The van der Waals surface area contributed by atoms with Gasteiger partial charge in [0.2, 0.25) is 0 Å². The molecule has 1 fully saturated rings. The fraction of sp³-hybridized carbons (Fsp3) is 0.789. The van der Waals surface area contributed by atoms with Gasteiger partial charge in [0.15, 0.2) is 5.96 Å². The van der Waals surface area contributed by atoms with Crippen LogP contribution in [-0.4, -0.2) is 70.0 Å². The molecule has 0 radical (unpaired) electrons. The Labute approximate surface area is 167 Å². The van der Waals surface area contributed by atoms with E-state index in [1.54, 1.807) is 13.4 Å². The molecule has 1 amide bonds. The molecule has 1 aliphatic rings. The Morgan fingerprint density at radius 1 is 1.36 bits per heavy atom. The number of hydrogen-bond donors (Lipinski definition) is 2. The topological polar surface area (TPSA) is 96.7 Å². The summed E-state index contributed by atoms with van der Waals surface area (Å²) in [5.41, 5.74) is -0.483. The van der Waals surface area contributed by atoms with Crippen molar-refractivity contribution in [1.29, 1.82) is 0 Å². The molecule has 2 rings (SSSR count). The summed E-state index contributed by atoms with van der Waals surface area (Å²) in [5, 5.41) is 14.7. The van der Waals surface area contributed by atoms with Crippen LogP contribution in [0, 0.1) is 0 Å². The van der Waals surface area contributed by atoms with Crippen LogP contribution in [0.4, 0.5) is 4.79 Å². The van der Waals surface area contributed by atoms with E-state index in [2.05, 4.69) is 32.7 Å². The van der Waals surface area contributed by atoms with Gasteiger partial charge < -0.3 is 24.8 Å². The van der Waals surface area contributed by atoms with E-state index < -0.39 is 5.60 Å².